The molecular weight excluding hydrogens is 344 g/mol. The van der Waals surface area contributed by atoms with E-state index in [0.29, 0.717) is 21.5 Å². The molecule has 4 nitrogen and oxygen atoms in total. The molecule has 1 N–H and O–H groups in total. The first kappa shape index (κ1) is 16.5. The van der Waals surface area contributed by atoms with Gasteiger partial charge >= 0.3 is 0 Å². The van der Waals surface area contributed by atoms with Gasteiger partial charge in [0.25, 0.3) is 5.91 Å². The van der Waals surface area contributed by atoms with Gasteiger partial charge in [-0.1, -0.05) is 53.3 Å². The van der Waals surface area contributed by atoms with Gasteiger partial charge in [0.05, 0.1) is 23.2 Å². The zero-order valence-corrected chi connectivity index (χ0v) is 14.7. The molecule has 3 rings (SSSR count). The van der Waals surface area contributed by atoms with Gasteiger partial charge in [0.2, 0.25) is 0 Å². The van der Waals surface area contributed by atoms with Crippen LogP contribution in [-0.4, -0.2) is 18.0 Å². The highest BCUT2D eigenvalue weighted by Crippen LogP contribution is 2.33. The zero-order valence-electron chi connectivity index (χ0n) is 13.2. The lowest BCUT2D eigenvalue weighted by molar-refractivity contribution is 0.102. The Hall–Kier alpha value is -2.37. The first-order valence-corrected chi connectivity index (χ1v) is 8.45. The lowest BCUT2D eigenvalue weighted by Crippen LogP contribution is -2.13. The highest BCUT2D eigenvalue weighted by Gasteiger charge is 2.16. The van der Waals surface area contributed by atoms with Crippen molar-refractivity contribution in [2.24, 2.45) is 0 Å². The number of methoxy groups -OCH3 is 1. The van der Waals surface area contributed by atoms with Gasteiger partial charge in [-0.25, -0.2) is 4.98 Å². The van der Waals surface area contributed by atoms with E-state index < -0.39 is 0 Å². The number of hydrogen-bond donors (Lipinski definition) is 1. The van der Waals surface area contributed by atoms with Crippen LogP contribution in [0.5, 0.6) is 5.75 Å². The van der Waals surface area contributed by atoms with Crippen molar-refractivity contribution in [3.63, 3.8) is 0 Å². The molecule has 6 heteroatoms. The molecule has 0 aliphatic rings. The molecule has 3 aromatic rings. The number of benzene rings is 2. The quantitative estimate of drug-likeness (QED) is 0.711. The Kier molecular flexibility index (Phi) is 4.83. The van der Waals surface area contributed by atoms with Crippen LogP contribution in [0.2, 0.25) is 5.02 Å². The smallest absolute Gasteiger partial charge is 0.261 e. The van der Waals surface area contributed by atoms with Gasteiger partial charge < -0.3 is 4.74 Å². The minimum atomic E-state index is -0.281. The molecule has 1 amide bonds. The molecule has 0 unspecified atom stereocenters. The number of carbonyl (C=O) groups is 1. The number of aryl methyl sites for hydroxylation is 1. The van der Waals surface area contributed by atoms with Crippen LogP contribution >= 0.6 is 22.9 Å². The predicted molar refractivity (Wildman–Crippen MR) is 98.2 cm³/mol. The zero-order chi connectivity index (χ0) is 17.1. The van der Waals surface area contributed by atoms with Crippen molar-refractivity contribution < 1.29 is 9.53 Å². The monoisotopic (exact) mass is 358 g/mol. The van der Waals surface area contributed by atoms with E-state index in [1.807, 2.05) is 37.3 Å². The number of halogens is 1. The molecule has 122 valence electrons. The number of aromatic nitrogens is 1. The molecule has 0 aliphatic carbocycles. The van der Waals surface area contributed by atoms with Gasteiger partial charge in [0.1, 0.15) is 5.75 Å². The Balaban J connectivity index is 1.86. The molecule has 0 aliphatic heterocycles. The number of rotatable bonds is 4. The molecule has 0 bridgehead atoms. The first-order chi connectivity index (χ1) is 11.6. The van der Waals surface area contributed by atoms with Crippen LogP contribution in [0.1, 0.15) is 16.1 Å². The molecule has 0 atom stereocenters. The van der Waals surface area contributed by atoms with E-state index in [-0.39, 0.29) is 5.91 Å². The number of hydrogen-bond acceptors (Lipinski definition) is 4. The highest BCUT2D eigenvalue weighted by atomic mass is 35.5. The minimum absolute atomic E-state index is 0.281. The van der Waals surface area contributed by atoms with Gasteiger partial charge in [0, 0.05) is 5.02 Å². The number of nitrogens with zero attached hydrogens (tertiary/aromatic N) is 1. The fourth-order valence-corrected chi connectivity index (χ4v) is 3.45. The summed E-state index contributed by atoms with van der Waals surface area (Å²) in [5.41, 5.74) is 2.37. The van der Waals surface area contributed by atoms with Crippen LogP contribution in [0.3, 0.4) is 0 Å². The first-order valence-electron chi connectivity index (χ1n) is 7.26. The largest absolute Gasteiger partial charge is 0.496 e. The van der Waals surface area contributed by atoms with Gasteiger partial charge in [0.15, 0.2) is 5.13 Å². The van der Waals surface area contributed by atoms with Gasteiger partial charge in [-0.2, -0.15) is 0 Å². The van der Waals surface area contributed by atoms with Crippen molar-refractivity contribution in [1.82, 2.24) is 4.98 Å². The summed E-state index contributed by atoms with van der Waals surface area (Å²) < 4.78 is 5.22. The van der Waals surface area contributed by atoms with Crippen LogP contribution in [0, 0.1) is 6.92 Å². The predicted octanol–water partition coefficient (Wildman–Crippen LogP) is 5.03. The Bertz CT molecular complexity index is 878. The maximum atomic E-state index is 12.5. The van der Waals surface area contributed by atoms with E-state index >= 15 is 0 Å². The van der Waals surface area contributed by atoms with Crippen molar-refractivity contribution >= 4 is 34.0 Å². The second kappa shape index (κ2) is 7.03. The molecule has 1 aromatic heterocycles. The minimum Gasteiger partial charge on any atom is -0.496 e. The maximum absolute atomic E-state index is 12.5. The molecule has 0 fully saturated rings. The third kappa shape index (κ3) is 3.42. The standard InChI is InChI=1S/C18H15ClN2O2S/c1-11-16(12-6-4-3-5-7-12)24-18(20-11)21-17(22)14-9-8-13(19)10-15(14)23-2/h3-10H,1-2H3,(H,20,21,22). The van der Waals surface area contributed by atoms with E-state index in [1.165, 1.54) is 18.4 Å². The van der Waals surface area contributed by atoms with Crippen LogP contribution in [0.4, 0.5) is 5.13 Å². The van der Waals surface area contributed by atoms with Crippen LogP contribution in [0.15, 0.2) is 48.5 Å². The lowest BCUT2D eigenvalue weighted by Gasteiger charge is -2.08. The molecule has 2 aromatic carbocycles. The molecule has 24 heavy (non-hydrogen) atoms. The van der Waals surface area contributed by atoms with E-state index in [2.05, 4.69) is 10.3 Å². The van der Waals surface area contributed by atoms with Crippen LogP contribution in [-0.2, 0) is 0 Å². The summed E-state index contributed by atoms with van der Waals surface area (Å²) in [5, 5.41) is 3.89. The topological polar surface area (TPSA) is 51.2 Å². The Labute approximate surface area is 149 Å². The summed E-state index contributed by atoms with van der Waals surface area (Å²) in [4.78, 5) is 18.0. The number of anilines is 1. The van der Waals surface area contributed by atoms with Crippen LogP contribution < -0.4 is 10.1 Å². The third-order valence-electron chi connectivity index (χ3n) is 3.46. The average Bonchev–Trinajstić information content (AvgIpc) is 2.95. The number of amides is 1. The summed E-state index contributed by atoms with van der Waals surface area (Å²) in [6.07, 6.45) is 0. The van der Waals surface area contributed by atoms with Crippen LogP contribution in [0.25, 0.3) is 10.4 Å². The fourth-order valence-electron chi connectivity index (χ4n) is 2.32. The summed E-state index contributed by atoms with van der Waals surface area (Å²) in [6, 6.07) is 14.9. The summed E-state index contributed by atoms with van der Waals surface area (Å²) >= 11 is 7.37. The van der Waals surface area contributed by atoms with E-state index in [4.69, 9.17) is 16.3 Å². The highest BCUT2D eigenvalue weighted by molar-refractivity contribution is 7.19. The second-order valence-electron chi connectivity index (χ2n) is 5.10. The van der Waals surface area contributed by atoms with Crippen molar-refractivity contribution in [1.29, 1.82) is 0 Å². The Morgan fingerprint density at radius 1 is 1.21 bits per heavy atom. The molecule has 0 radical (unpaired) electrons. The van der Waals surface area contributed by atoms with Crippen molar-refractivity contribution in [3.8, 4) is 16.2 Å². The van der Waals surface area contributed by atoms with Gasteiger partial charge in [-0.15, -0.1) is 0 Å². The van der Waals surface area contributed by atoms with E-state index in [0.717, 1.165) is 16.1 Å². The second-order valence-corrected chi connectivity index (χ2v) is 6.53. The van der Waals surface area contributed by atoms with Crippen molar-refractivity contribution in [2.45, 2.75) is 6.92 Å². The van der Waals surface area contributed by atoms with E-state index in [1.54, 1.807) is 18.2 Å². The SMILES string of the molecule is COc1cc(Cl)ccc1C(=O)Nc1nc(C)c(-c2ccccc2)s1. The molecule has 0 saturated heterocycles. The third-order valence-corrected chi connectivity index (χ3v) is 4.82. The maximum Gasteiger partial charge on any atom is 0.261 e. The number of carbonyl (C=O) groups excluding carboxylic acids is 1. The number of thiazole rings is 1. The fraction of sp³-hybridized carbons (Fsp3) is 0.111. The summed E-state index contributed by atoms with van der Waals surface area (Å²) in [6.45, 7) is 1.93. The van der Waals surface area contributed by atoms with Gasteiger partial charge in [-0.05, 0) is 30.7 Å². The molecule has 0 saturated carbocycles. The average molecular weight is 359 g/mol. The lowest BCUT2D eigenvalue weighted by atomic mass is 10.2. The molecular formula is C18H15ClN2O2S. The summed E-state index contributed by atoms with van der Waals surface area (Å²) in [5.74, 6) is 0.147. The van der Waals surface area contributed by atoms with E-state index in [9.17, 15) is 4.79 Å². The Morgan fingerprint density at radius 2 is 1.96 bits per heavy atom. The number of ether oxygens (including phenoxy) is 1. The Morgan fingerprint density at radius 3 is 2.67 bits per heavy atom. The molecule has 0 spiro atoms. The summed E-state index contributed by atoms with van der Waals surface area (Å²) in [7, 11) is 1.50. The molecule has 1 heterocycles. The normalized spacial score (nSPS) is 10.5. The number of nitrogens with one attached hydrogen (secondary N) is 1. The van der Waals surface area contributed by atoms with Crippen molar-refractivity contribution in [2.75, 3.05) is 12.4 Å². The van der Waals surface area contributed by atoms with Gasteiger partial charge in [-0.3, -0.25) is 10.1 Å². The van der Waals surface area contributed by atoms with Crippen molar-refractivity contribution in [3.05, 3.63) is 64.8 Å².